The second kappa shape index (κ2) is 13.3. The van der Waals surface area contributed by atoms with Crippen LogP contribution in [0.15, 0.2) is 77.8 Å². The highest BCUT2D eigenvalue weighted by Gasteiger charge is 2.24. The van der Waals surface area contributed by atoms with E-state index >= 15 is 4.39 Å². The molecule has 0 saturated carbocycles. The summed E-state index contributed by atoms with van der Waals surface area (Å²) < 4.78 is 71.9. The van der Waals surface area contributed by atoms with Crippen molar-refractivity contribution >= 4 is 10.0 Å². The van der Waals surface area contributed by atoms with E-state index in [1.54, 1.807) is 44.5 Å². The molecule has 5 rings (SSSR count). The zero-order chi connectivity index (χ0) is 29.5. The number of nitrogens with one attached hydrogen (secondary N) is 1. The smallest absolute Gasteiger partial charge is 0.268 e. The van der Waals surface area contributed by atoms with Crippen LogP contribution < -0.4 is 24.3 Å². The molecule has 1 N–H and O–H groups in total. The zero-order valence-electron chi connectivity index (χ0n) is 23.5. The van der Waals surface area contributed by atoms with Crippen molar-refractivity contribution < 1.29 is 36.5 Å². The molecule has 0 spiro atoms. The summed E-state index contributed by atoms with van der Waals surface area (Å²) in [6, 6.07) is 17.8. The lowest BCUT2D eigenvalue weighted by Crippen LogP contribution is -2.14. The summed E-state index contributed by atoms with van der Waals surface area (Å²) in [7, 11) is -0.694. The number of fused-ring (bicyclic) bond motifs is 1. The van der Waals surface area contributed by atoms with E-state index in [4.69, 9.17) is 23.7 Å². The van der Waals surface area contributed by atoms with Crippen LogP contribution in [0.25, 0.3) is 11.3 Å². The van der Waals surface area contributed by atoms with Gasteiger partial charge in [0.2, 0.25) is 6.79 Å². The fourth-order valence-corrected chi connectivity index (χ4v) is 6.05. The highest BCUT2D eigenvalue weighted by molar-refractivity contribution is 7.90. The van der Waals surface area contributed by atoms with Gasteiger partial charge >= 0.3 is 0 Å². The van der Waals surface area contributed by atoms with E-state index in [9.17, 15) is 8.42 Å². The number of halogens is 1. The van der Waals surface area contributed by atoms with Crippen LogP contribution in [0, 0.1) is 5.82 Å². The van der Waals surface area contributed by atoms with E-state index in [0.29, 0.717) is 48.3 Å². The number of hydrogen-bond donors (Lipinski definition) is 1. The minimum Gasteiger partial charge on any atom is -0.494 e. The number of ether oxygens (including phenoxy) is 5. The van der Waals surface area contributed by atoms with E-state index < -0.39 is 15.8 Å². The van der Waals surface area contributed by atoms with Crippen LogP contribution in [-0.2, 0) is 27.9 Å². The molecule has 0 aliphatic carbocycles. The number of hydrogen-bond acceptors (Lipinski definition) is 8. The number of aromatic nitrogens is 1. The van der Waals surface area contributed by atoms with Crippen molar-refractivity contribution in [1.29, 1.82) is 0 Å². The first-order valence-electron chi connectivity index (χ1n) is 13.5. The van der Waals surface area contributed by atoms with Crippen LogP contribution in [0.4, 0.5) is 4.39 Å². The standard InChI is InChI=1S/C31H33FN2O7S/c1-33-18-22-15-29(34(19-22)42(35,36)26-9-6-8-24(16-26)38-14-4-3-13-37-2)27-12-11-25(17-28(27)32)39-20-23-7-5-10-30-31(23)41-21-40-30/h5-12,15-17,19,33H,3-4,13-14,18,20-21H2,1-2H3. The number of unbranched alkanes of at least 4 members (excludes halogenated alkanes) is 1. The molecule has 0 unspecified atom stereocenters. The van der Waals surface area contributed by atoms with Crippen molar-refractivity contribution in [3.05, 3.63) is 89.9 Å². The summed E-state index contributed by atoms with van der Waals surface area (Å²) >= 11 is 0. The van der Waals surface area contributed by atoms with Gasteiger partial charge in [-0.2, -0.15) is 0 Å². The predicted octanol–water partition coefficient (Wildman–Crippen LogP) is 5.36. The molecular formula is C31H33FN2O7S. The van der Waals surface area contributed by atoms with E-state index in [1.807, 2.05) is 12.1 Å². The van der Waals surface area contributed by atoms with Crippen LogP contribution >= 0.6 is 0 Å². The minimum atomic E-state index is -4.09. The highest BCUT2D eigenvalue weighted by atomic mass is 32.2. The van der Waals surface area contributed by atoms with Crippen molar-refractivity contribution in [2.75, 3.05) is 34.2 Å². The Morgan fingerprint density at radius 2 is 1.76 bits per heavy atom. The number of rotatable bonds is 14. The molecule has 0 fully saturated rings. The molecule has 2 heterocycles. The summed E-state index contributed by atoms with van der Waals surface area (Å²) in [6.45, 7) is 1.75. The lowest BCUT2D eigenvalue weighted by Gasteiger charge is -2.14. The largest absolute Gasteiger partial charge is 0.494 e. The Kier molecular flexibility index (Phi) is 9.31. The third kappa shape index (κ3) is 6.53. The van der Waals surface area contributed by atoms with Gasteiger partial charge in [-0.1, -0.05) is 18.2 Å². The average molecular weight is 597 g/mol. The summed E-state index contributed by atoms with van der Waals surface area (Å²) in [6.07, 6.45) is 3.11. The van der Waals surface area contributed by atoms with Crippen LogP contribution in [-0.4, -0.2) is 46.6 Å². The molecule has 222 valence electrons. The molecule has 3 aromatic carbocycles. The van der Waals surface area contributed by atoms with Crippen molar-refractivity contribution in [2.45, 2.75) is 30.9 Å². The Morgan fingerprint density at radius 3 is 2.57 bits per heavy atom. The SMILES string of the molecule is CNCc1cc(-c2ccc(OCc3cccc4c3OCO4)cc2F)n(S(=O)(=O)c2cccc(OCCCCOC)c2)c1. The van der Waals surface area contributed by atoms with Crippen molar-refractivity contribution in [1.82, 2.24) is 9.29 Å². The van der Waals surface area contributed by atoms with Gasteiger partial charge in [0.1, 0.15) is 23.9 Å². The lowest BCUT2D eigenvalue weighted by molar-refractivity contribution is 0.171. The molecular weight excluding hydrogens is 563 g/mol. The van der Waals surface area contributed by atoms with Crippen LogP contribution in [0.3, 0.4) is 0 Å². The molecule has 0 atom stereocenters. The molecule has 0 bridgehead atoms. The van der Waals surface area contributed by atoms with E-state index in [2.05, 4.69) is 5.32 Å². The van der Waals surface area contributed by atoms with Crippen LogP contribution in [0.1, 0.15) is 24.0 Å². The van der Waals surface area contributed by atoms with Crippen LogP contribution in [0.5, 0.6) is 23.0 Å². The van der Waals surface area contributed by atoms with Crippen LogP contribution in [0.2, 0.25) is 0 Å². The molecule has 1 aliphatic heterocycles. The molecule has 4 aromatic rings. The lowest BCUT2D eigenvalue weighted by atomic mass is 10.1. The maximum atomic E-state index is 15.6. The summed E-state index contributed by atoms with van der Waals surface area (Å²) in [5, 5.41) is 3.02. The molecule has 1 aliphatic rings. The topological polar surface area (TPSA) is 97.2 Å². The van der Waals surface area contributed by atoms with E-state index in [-0.39, 0.29) is 29.6 Å². The Balaban J connectivity index is 1.39. The normalized spacial score (nSPS) is 12.5. The van der Waals surface area contributed by atoms with Gasteiger partial charge in [-0.15, -0.1) is 0 Å². The first-order chi connectivity index (χ1) is 20.4. The first kappa shape index (κ1) is 29.4. The Bertz CT molecular complexity index is 1640. The molecule has 9 nitrogen and oxygen atoms in total. The molecule has 0 amide bonds. The monoisotopic (exact) mass is 596 g/mol. The number of methoxy groups -OCH3 is 1. The van der Waals surface area contributed by atoms with Gasteiger partial charge in [-0.3, -0.25) is 0 Å². The van der Waals surface area contributed by atoms with Gasteiger partial charge in [-0.25, -0.2) is 16.8 Å². The number of benzene rings is 3. The van der Waals surface area contributed by atoms with Gasteiger partial charge in [0.15, 0.2) is 11.5 Å². The van der Waals surface area contributed by atoms with Gasteiger partial charge in [0.25, 0.3) is 10.0 Å². The number of nitrogens with zero attached hydrogens (tertiary/aromatic N) is 1. The predicted molar refractivity (Wildman–Crippen MR) is 155 cm³/mol. The molecule has 1 aromatic heterocycles. The fraction of sp³-hybridized carbons (Fsp3) is 0.290. The first-order valence-corrected chi connectivity index (χ1v) is 15.0. The van der Waals surface area contributed by atoms with Crippen molar-refractivity contribution in [2.24, 2.45) is 0 Å². The summed E-state index contributed by atoms with van der Waals surface area (Å²) in [5.74, 6) is 1.35. The second-order valence-electron chi connectivity index (χ2n) is 9.67. The molecule has 0 radical (unpaired) electrons. The fourth-order valence-electron chi connectivity index (χ4n) is 4.63. The quantitative estimate of drug-likeness (QED) is 0.194. The van der Waals surface area contributed by atoms with Gasteiger partial charge in [0.05, 0.1) is 17.2 Å². The van der Waals surface area contributed by atoms with Gasteiger partial charge in [-0.05, 0) is 61.9 Å². The van der Waals surface area contributed by atoms with Crippen molar-refractivity contribution in [3.8, 4) is 34.3 Å². The Morgan fingerprint density at radius 1 is 0.952 bits per heavy atom. The van der Waals surface area contributed by atoms with E-state index in [1.165, 1.54) is 30.5 Å². The molecule has 0 saturated heterocycles. The van der Waals surface area contributed by atoms with Gasteiger partial charge < -0.3 is 29.0 Å². The Hall–Kier alpha value is -4.06. The number of para-hydroxylation sites is 1. The molecule has 11 heteroatoms. The Labute approximate surface area is 244 Å². The maximum absolute atomic E-state index is 15.6. The highest BCUT2D eigenvalue weighted by Crippen LogP contribution is 2.36. The van der Waals surface area contributed by atoms with Crippen molar-refractivity contribution in [3.63, 3.8) is 0 Å². The summed E-state index contributed by atoms with van der Waals surface area (Å²) in [5.41, 5.74) is 1.77. The third-order valence-corrected chi connectivity index (χ3v) is 8.36. The third-order valence-electron chi connectivity index (χ3n) is 6.69. The zero-order valence-corrected chi connectivity index (χ0v) is 24.3. The second-order valence-corrected chi connectivity index (χ2v) is 11.5. The van der Waals surface area contributed by atoms with Gasteiger partial charge in [0, 0.05) is 49.7 Å². The minimum absolute atomic E-state index is 0.0340. The summed E-state index contributed by atoms with van der Waals surface area (Å²) in [4.78, 5) is 0.0340. The van der Waals surface area contributed by atoms with E-state index in [0.717, 1.165) is 22.4 Å². The molecule has 42 heavy (non-hydrogen) atoms. The average Bonchev–Trinajstić information content (AvgIpc) is 3.65. The maximum Gasteiger partial charge on any atom is 0.268 e.